The van der Waals surface area contributed by atoms with Crippen LogP contribution in [0.25, 0.3) is 0 Å². The van der Waals surface area contributed by atoms with Crippen LogP contribution in [0.15, 0.2) is 0 Å². The fourth-order valence-corrected chi connectivity index (χ4v) is 0. The summed E-state index contributed by atoms with van der Waals surface area (Å²) >= 11 is 8.17. The Kier molecular flexibility index (Phi) is 3890. The molecule has 0 aromatic heterocycles. The first-order chi connectivity index (χ1) is 4.00. The molecule has 0 heterocycles. The molecule has 0 aliphatic heterocycles. The normalized spacial score (nSPS) is 1.78. The van der Waals surface area contributed by atoms with E-state index in [1.165, 1.54) is 0 Å². The van der Waals surface area contributed by atoms with E-state index in [1.54, 1.807) is 12.5 Å². The Bertz CT molecular complexity index is 32.0. The minimum absolute atomic E-state index is 0. The van der Waals surface area contributed by atoms with Crippen molar-refractivity contribution in [3.05, 3.63) is 13.3 Å². The zero-order chi connectivity index (χ0) is 8.00. The molecule has 0 fully saturated rings. The molecule has 0 saturated heterocycles. The summed E-state index contributed by atoms with van der Waals surface area (Å²) in [5.74, 6) is 0. The van der Waals surface area contributed by atoms with Gasteiger partial charge >= 0.3 is 39.7 Å². The molecule has 2 nitrogen and oxygen atoms in total. The van der Waals surface area contributed by atoms with E-state index in [4.69, 9.17) is 9.30 Å². The van der Waals surface area contributed by atoms with Gasteiger partial charge in [0, 0.05) is 0 Å². The van der Waals surface area contributed by atoms with Gasteiger partial charge in [0.25, 0.3) is 0 Å². The van der Waals surface area contributed by atoms with Gasteiger partial charge in [0.1, 0.15) is 0 Å². The van der Waals surface area contributed by atoms with Gasteiger partial charge in [0.15, 0.2) is 0 Å². The molecular weight excluding hydrogens is 200 g/mol. The second kappa shape index (κ2) is 1050. The monoisotopic (exact) mass is 206 g/mol. The Labute approximate surface area is 77.5 Å². The summed E-state index contributed by atoms with van der Waals surface area (Å²) in [6.07, 6.45) is 3.17. The topological polar surface area (TPSA) is 39.8 Å². The zero-order valence-electron chi connectivity index (χ0n) is 4.99. The molecule has 0 aliphatic carbocycles. The molecule has 0 aromatic carbocycles. The molecule has 52 valence electrons. The van der Waals surface area contributed by atoms with Crippen LogP contribution in [0.1, 0.15) is 0 Å². The molecule has 0 amide bonds. The first kappa shape index (κ1) is 33.2. The summed E-state index contributed by atoms with van der Waals surface area (Å²) < 4.78 is 15.0. The predicted molar refractivity (Wildman–Crippen MR) is 34.4 cm³/mol. The van der Waals surface area contributed by atoms with E-state index >= 15 is 0 Å². The molecule has 5 heteroatoms. The maximum Gasteiger partial charge on any atom is 4.00 e. The van der Waals surface area contributed by atoms with Crippen molar-refractivity contribution >= 4 is 25.3 Å². The molecule has 0 aliphatic rings. The maximum atomic E-state index is 7.50. The summed E-state index contributed by atoms with van der Waals surface area (Å²) in [6.45, 7) is 9.00. The van der Waals surface area contributed by atoms with Gasteiger partial charge in [-0.15, -0.1) is 0 Å². The van der Waals surface area contributed by atoms with Crippen LogP contribution in [-0.4, -0.2) is 12.5 Å². The smallest absolute Gasteiger partial charge is 4.00 e. The third-order valence-corrected chi connectivity index (χ3v) is 0. The summed E-state index contributed by atoms with van der Waals surface area (Å²) in [6, 6.07) is 0. The van der Waals surface area contributed by atoms with Crippen LogP contribution in [0.2, 0.25) is 0 Å². The van der Waals surface area contributed by atoms with E-state index in [1.807, 2.05) is 0 Å². The summed E-state index contributed by atoms with van der Waals surface area (Å²) in [4.78, 5) is 0. The van der Waals surface area contributed by atoms with Gasteiger partial charge in [0.05, 0.1) is 0 Å². The van der Waals surface area contributed by atoms with Gasteiger partial charge in [-0.25, -0.2) is 0 Å². The van der Waals surface area contributed by atoms with Crippen LogP contribution in [0.5, 0.6) is 0 Å². The first-order valence-electron chi connectivity index (χ1n) is 1.22. The second-order valence-corrected chi connectivity index (χ2v) is 0. The Morgan fingerprint density at radius 1 is 0.778 bits per heavy atom. The molecule has 0 rings (SSSR count). The minimum Gasteiger partial charge on any atom is 4.00 e. The van der Waals surface area contributed by atoms with E-state index in [9.17, 15) is 0 Å². The molecule has 0 aromatic rings. The molecule has 0 radical (unpaired) electrons. The molecule has 9 heavy (non-hydrogen) atoms. The predicted octanol–water partition coefficient (Wildman–Crippen LogP) is 0.249. The standard InChI is InChI=1S/2CO.2CH4S.Fe/c4*1-2;/h;;2*2H,1H3;/q;;;;+4/p-2. The largest absolute Gasteiger partial charge is 4.00 e. The Morgan fingerprint density at radius 2 is 0.778 bits per heavy atom. The van der Waals surface area contributed by atoms with Crippen LogP contribution < -0.4 is 0 Å². The van der Waals surface area contributed by atoms with Crippen molar-refractivity contribution < 1.29 is 26.4 Å². The SMILES string of the molecule is C[S-].C[S-].[C-]#[O+].[C-]#[O+].[Fe+4]. The molecule has 0 atom stereocenters. The first-order valence-corrected chi connectivity index (χ1v) is 2.86. The van der Waals surface area contributed by atoms with Gasteiger partial charge < -0.3 is 25.3 Å². The van der Waals surface area contributed by atoms with Gasteiger partial charge in [0.2, 0.25) is 0 Å². The van der Waals surface area contributed by atoms with E-state index < -0.39 is 0 Å². The van der Waals surface area contributed by atoms with Crippen LogP contribution in [-0.2, 0) is 51.6 Å². The van der Waals surface area contributed by atoms with Gasteiger partial charge in [-0.1, -0.05) is 0 Å². The zero-order valence-corrected chi connectivity index (χ0v) is 7.72. The second-order valence-electron chi connectivity index (χ2n) is 0. The number of hydrogen-bond acceptors (Lipinski definition) is 2. The molecule has 0 N–H and O–H groups in total. The minimum atomic E-state index is 0. The third kappa shape index (κ3) is 798. The Morgan fingerprint density at radius 3 is 0.778 bits per heavy atom. The fraction of sp³-hybridized carbons (Fsp3) is 0.500. The van der Waals surface area contributed by atoms with Crippen LogP contribution in [0, 0.1) is 13.3 Å². The van der Waals surface area contributed by atoms with E-state index in [0.29, 0.717) is 0 Å². The Hall–Kier alpha value is 0.699. The molecular formula is C4H6FeO2S2+2. The summed E-state index contributed by atoms with van der Waals surface area (Å²) in [5, 5.41) is 0. The maximum absolute atomic E-state index is 7.50. The average Bonchev–Trinajstić information content (AvgIpc) is 2.03. The molecule has 0 unspecified atom stereocenters. The number of rotatable bonds is 0. The van der Waals surface area contributed by atoms with Crippen LogP contribution in [0.3, 0.4) is 0 Å². The van der Waals surface area contributed by atoms with Crippen molar-refractivity contribution in [2.75, 3.05) is 12.5 Å². The molecule has 0 bridgehead atoms. The van der Waals surface area contributed by atoms with Crippen molar-refractivity contribution in [2.24, 2.45) is 0 Å². The van der Waals surface area contributed by atoms with E-state index in [0.717, 1.165) is 0 Å². The third-order valence-electron chi connectivity index (χ3n) is 0. The van der Waals surface area contributed by atoms with Crippen molar-refractivity contribution in [1.29, 1.82) is 0 Å². The van der Waals surface area contributed by atoms with Gasteiger partial charge in [-0.2, -0.15) is 12.5 Å². The van der Waals surface area contributed by atoms with Crippen molar-refractivity contribution in [3.8, 4) is 0 Å². The van der Waals surface area contributed by atoms with Crippen LogP contribution in [0.4, 0.5) is 0 Å². The van der Waals surface area contributed by atoms with E-state index in [-0.39, 0.29) is 17.1 Å². The van der Waals surface area contributed by atoms with Gasteiger partial charge in [-0.3, -0.25) is 0 Å². The quantitative estimate of drug-likeness (QED) is 0.246. The summed E-state index contributed by atoms with van der Waals surface area (Å²) in [7, 11) is 0. The van der Waals surface area contributed by atoms with E-state index in [2.05, 4.69) is 38.6 Å². The van der Waals surface area contributed by atoms with Crippen molar-refractivity contribution in [1.82, 2.24) is 0 Å². The number of hydrogen-bond donors (Lipinski definition) is 0. The fourth-order valence-electron chi connectivity index (χ4n) is 0. The van der Waals surface area contributed by atoms with Crippen molar-refractivity contribution in [3.63, 3.8) is 0 Å². The van der Waals surface area contributed by atoms with Crippen molar-refractivity contribution in [2.45, 2.75) is 0 Å². The van der Waals surface area contributed by atoms with Crippen LogP contribution >= 0.6 is 0 Å². The molecule has 0 saturated carbocycles. The average molecular weight is 206 g/mol. The molecule has 0 spiro atoms. The Balaban J connectivity index is -0.00000000762. The van der Waals surface area contributed by atoms with Gasteiger partial charge in [-0.05, 0) is 0 Å². The summed E-state index contributed by atoms with van der Waals surface area (Å²) in [5.41, 5.74) is 0.